The van der Waals surface area contributed by atoms with Crippen LogP contribution in [0.2, 0.25) is 0 Å². The largest absolute Gasteiger partial charge is 0.0885 e. The number of rotatable bonds is 23. The fraction of sp³-hybridized carbons (Fsp3) is 0.879. The van der Waals surface area contributed by atoms with Crippen molar-refractivity contribution in [2.24, 2.45) is 23.7 Å². The van der Waals surface area contributed by atoms with Gasteiger partial charge in [0.15, 0.2) is 0 Å². The van der Waals surface area contributed by atoms with Crippen molar-refractivity contribution >= 4 is 22.6 Å². The molecule has 0 aromatic carbocycles. The molecule has 4 unspecified atom stereocenters. The number of halogens is 1. The van der Waals surface area contributed by atoms with Crippen molar-refractivity contribution < 1.29 is 0 Å². The predicted octanol–water partition coefficient (Wildman–Crippen LogP) is 12.3. The number of hydrogen-bond donors (Lipinski definition) is 0. The number of alkyl halides is 1. The van der Waals surface area contributed by atoms with Gasteiger partial charge in [0.2, 0.25) is 0 Å². The lowest BCUT2D eigenvalue weighted by Gasteiger charge is -2.40. The first kappa shape index (κ1) is 32.2. The molecule has 1 aliphatic carbocycles. The van der Waals surface area contributed by atoms with E-state index in [0.717, 1.165) is 23.7 Å². The molecule has 0 spiro atoms. The van der Waals surface area contributed by atoms with Gasteiger partial charge < -0.3 is 0 Å². The van der Waals surface area contributed by atoms with E-state index in [-0.39, 0.29) is 0 Å². The molecule has 0 radical (unpaired) electrons. The monoisotopic (exact) mass is 584 g/mol. The second-order valence-electron chi connectivity index (χ2n) is 11.2. The van der Waals surface area contributed by atoms with Gasteiger partial charge >= 0.3 is 0 Å². The molecule has 0 amide bonds. The summed E-state index contributed by atoms with van der Waals surface area (Å²) in [5.74, 6) is 3.48. The summed E-state index contributed by atoms with van der Waals surface area (Å²) < 4.78 is 1.33. The minimum absolute atomic E-state index is 0.827. The fourth-order valence-corrected chi connectivity index (χ4v) is 6.65. The SMILES string of the molecule is CCCCC/C=C/CC1C(CCCCCC)C=CC(CCCCCCI)C1CCCCCCC. The molecule has 0 saturated heterocycles. The molecule has 34 heavy (non-hydrogen) atoms. The first-order valence-corrected chi connectivity index (χ1v) is 17.2. The Bertz CT molecular complexity index is 479. The van der Waals surface area contributed by atoms with Gasteiger partial charge in [-0.25, -0.2) is 0 Å². The van der Waals surface area contributed by atoms with Gasteiger partial charge in [0.1, 0.15) is 0 Å². The van der Waals surface area contributed by atoms with Crippen LogP contribution in [0.25, 0.3) is 0 Å². The highest BCUT2D eigenvalue weighted by Crippen LogP contribution is 2.44. The van der Waals surface area contributed by atoms with Crippen molar-refractivity contribution in [3.8, 4) is 0 Å². The minimum atomic E-state index is 0.827. The minimum Gasteiger partial charge on any atom is -0.0885 e. The van der Waals surface area contributed by atoms with Crippen LogP contribution in [-0.2, 0) is 0 Å². The molecule has 200 valence electrons. The third-order valence-corrected chi connectivity index (χ3v) is 9.02. The highest BCUT2D eigenvalue weighted by Gasteiger charge is 2.34. The van der Waals surface area contributed by atoms with E-state index in [9.17, 15) is 0 Å². The zero-order valence-electron chi connectivity index (χ0n) is 23.6. The molecule has 0 aliphatic heterocycles. The summed E-state index contributed by atoms with van der Waals surface area (Å²) in [5, 5.41) is 0. The Morgan fingerprint density at radius 2 is 1.03 bits per heavy atom. The van der Waals surface area contributed by atoms with Crippen LogP contribution < -0.4 is 0 Å². The fourth-order valence-electron chi connectivity index (χ4n) is 6.11. The molecule has 4 atom stereocenters. The molecule has 1 rings (SSSR count). The van der Waals surface area contributed by atoms with Crippen LogP contribution in [0.15, 0.2) is 24.3 Å². The Hall–Kier alpha value is 0.210. The van der Waals surface area contributed by atoms with Gasteiger partial charge in [0.05, 0.1) is 0 Å². The maximum absolute atomic E-state index is 2.71. The van der Waals surface area contributed by atoms with E-state index in [1.807, 2.05) is 0 Å². The third-order valence-electron chi connectivity index (χ3n) is 8.26. The lowest BCUT2D eigenvalue weighted by molar-refractivity contribution is 0.160. The van der Waals surface area contributed by atoms with Crippen LogP contribution in [0, 0.1) is 23.7 Å². The lowest BCUT2D eigenvalue weighted by Crippen LogP contribution is -2.31. The van der Waals surface area contributed by atoms with Crippen LogP contribution >= 0.6 is 22.6 Å². The Labute approximate surface area is 229 Å². The van der Waals surface area contributed by atoms with Crippen LogP contribution in [0.5, 0.6) is 0 Å². The molecule has 1 aliphatic rings. The summed E-state index contributed by atoms with van der Waals surface area (Å²) in [4.78, 5) is 0. The maximum atomic E-state index is 2.71. The Balaban J connectivity index is 2.82. The van der Waals surface area contributed by atoms with Crippen molar-refractivity contribution in [3.63, 3.8) is 0 Å². The molecule has 0 N–H and O–H groups in total. The summed E-state index contributed by atoms with van der Waals surface area (Å²) in [5.41, 5.74) is 0. The summed E-state index contributed by atoms with van der Waals surface area (Å²) in [6.07, 6.45) is 40.1. The van der Waals surface area contributed by atoms with Crippen LogP contribution in [0.3, 0.4) is 0 Å². The Morgan fingerprint density at radius 3 is 1.65 bits per heavy atom. The normalized spacial score (nSPS) is 22.7. The van der Waals surface area contributed by atoms with Gasteiger partial charge in [0, 0.05) is 0 Å². The molecule has 1 heteroatoms. The maximum Gasteiger partial charge on any atom is -0.000473 e. The number of hydrogen-bond acceptors (Lipinski definition) is 0. The van der Waals surface area contributed by atoms with Crippen LogP contribution in [0.1, 0.15) is 156 Å². The highest BCUT2D eigenvalue weighted by molar-refractivity contribution is 14.1. The smallest absolute Gasteiger partial charge is 0.000473 e. The molecule has 0 heterocycles. The average molecular weight is 585 g/mol. The quantitative estimate of drug-likeness (QED) is 0.0485. The molecule has 0 aromatic rings. The van der Waals surface area contributed by atoms with E-state index in [2.05, 4.69) is 67.7 Å². The van der Waals surface area contributed by atoms with E-state index in [0.29, 0.717) is 0 Å². The van der Waals surface area contributed by atoms with Crippen molar-refractivity contribution in [2.45, 2.75) is 156 Å². The standard InChI is InChI=1S/C33H61I/c1-4-7-10-13-15-21-26-33-30(23-18-12-9-6-3)27-28-31(24-19-16-17-22-29-34)32(33)25-20-14-11-8-5-2/h15,21,27-28,30-33H,4-14,16-20,22-26,29H2,1-3H3/b21-15+. The van der Waals surface area contributed by atoms with Crippen molar-refractivity contribution in [3.05, 3.63) is 24.3 Å². The third kappa shape index (κ3) is 15.4. The van der Waals surface area contributed by atoms with Crippen LogP contribution in [0.4, 0.5) is 0 Å². The number of allylic oxidation sites excluding steroid dienone is 4. The molecular weight excluding hydrogens is 523 g/mol. The Kier molecular flexibility index (Phi) is 22.4. The van der Waals surface area contributed by atoms with Crippen molar-refractivity contribution in [2.75, 3.05) is 4.43 Å². The lowest BCUT2D eigenvalue weighted by atomic mass is 9.65. The van der Waals surface area contributed by atoms with E-state index in [4.69, 9.17) is 0 Å². The predicted molar refractivity (Wildman–Crippen MR) is 165 cm³/mol. The molecule has 0 saturated carbocycles. The topological polar surface area (TPSA) is 0 Å². The van der Waals surface area contributed by atoms with Gasteiger partial charge in [-0.3, -0.25) is 0 Å². The second kappa shape index (κ2) is 23.6. The van der Waals surface area contributed by atoms with Gasteiger partial charge in [-0.1, -0.05) is 158 Å². The van der Waals surface area contributed by atoms with E-state index in [1.165, 1.54) is 139 Å². The molecular formula is C33H61I. The van der Waals surface area contributed by atoms with Gasteiger partial charge in [-0.15, -0.1) is 0 Å². The molecule has 0 nitrogen and oxygen atoms in total. The molecule has 0 bridgehead atoms. The zero-order valence-corrected chi connectivity index (χ0v) is 25.7. The molecule has 0 fully saturated rings. The first-order valence-electron chi connectivity index (χ1n) is 15.7. The average Bonchev–Trinajstić information content (AvgIpc) is 2.85. The summed E-state index contributed by atoms with van der Waals surface area (Å²) >= 11 is 2.54. The highest BCUT2D eigenvalue weighted by atomic mass is 127. The van der Waals surface area contributed by atoms with Gasteiger partial charge in [0.25, 0.3) is 0 Å². The second-order valence-corrected chi connectivity index (χ2v) is 12.3. The Morgan fingerprint density at radius 1 is 0.529 bits per heavy atom. The van der Waals surface area contributed by atoms with E-state index >= 15 is 0 Å². The summed E-state index contributed by atoms with van der Waals surface area (Å²) in [6, 6.07) is 0. The molecule has 0 aromatic heterocycles. The number of unbranched alkanes of at least 4 members (excludes halogenated alkanes) is 13. The van der Waals surface area contributed by atoms with E-state index < -0.39 is 0 Å². The zero-order chi connectivity index (χ0) is 24.7. The van der Waals surface area contributed by atoms with Gasteiger partial charge in [-0.2, -0.15) is 0 Å². The van der Waals surface area contributed by atoms with Crippen molar-refractivity contribution in [1.29, 1.82) is 0 Å². The van der Waals surface area contributed by atoms with Gasteiger partial charge in [-0.05, 0) is 73.0 Å². The van der Waals surface area contributed by atoms with E-state index in [1.54, 1.807) is 0 Å². The van der Waals surface area contributed by atoms with Crippen molar-refractivity contribution in [1.82, 2.24) is 0 Å². The summed E-state index contributed by atoms with van der Waals surface area (Å²) in [6.45, 7) is 6.99. The van der Waals surface area contributed by atoms with Crippen LogP contribution in [-0.4, -0.2) is 4.43 Å². The summed E-state index contributed by atoms with van der Waals surface area (Å²) in [7, 11) is 0. The first-order chi connectivity index (χ1) is 16.8.